The van der Waals surface area contributed by atoms with Gasteiger partial charge in [0.05, 0.1) is 7.11 Å². The van der Waals surface area contributed by atoms with Crippen LogP contribution in [0.1, 0.15) is 5.56 Å². The zero-order chi connectivity index (χ0) is 17.3. The minimum atomic E-state index is 0.00138. The molecular weight excluding hydrogens is 300 g/mol. The molecule has 0 saturated heterocycles. The lowest BCUT2D eigenvalue weighted by atomic mass is 9.96. The minimum absolute atomic E-state index is 0.00138. The Bertz CT molecular complexity index is 942. The van der Waals surface area contributed by atoms with Gasteiger partial charge in [0.25, 0.3) is 5.56 Å². The summed E-state index contributed by atoms with van der Waals surface area (Å²) in [5.74, 6) is 0.752. The maximum absolute atomic E-state index is 12.5. The van der Waals surface area contributed by atoms with Gasteiger partial charge in [-0.25, -0.2) is 0 Å². The maximum Gasteiger partial charge on any atom is 0.258 e. The van der Waals surface area contributed by atoms with Crippen molar-refractivity contribution in [3.63, 3.8) is 0 Å². The van der Waals surface area contributed by atoms with Crippen molar-refractivity contribution in [3.05, 3.63) is 64.6 Å². The molecule has 3 aromatic rings. The molecule has 3 rings (SSSR count). The predicted molar refractivity (Wildman–Crippen MR) is 98.6 cm³/mol. The van der Waals surface area contributed by atoms with Crippen molar-refractivity contribution in [2.45, 2.75) is 6.54 Å². The van der Waals surface area contributed by atoms with E-state index in [0.717, 1.165) is 28.8 Å². The van der Waals surface area contributed by atoms with E-state index in [0.29, 0.717) is 5.39 Å². The van der Waals surface area contributed by atoms with E-state index in [1.54, 1.807) is 18.7 Å². The van der Waals surface area contributed by atoms with Crippen molar-refractivity contribution < 1.29 is 4.74 Å². The van der Waals surface area contributed by atoms with Crippen LogP contribution in [0, 0.1) is 0 Å². The van der Waals surface area contributed by atoms with Crippen LogP contribution in [0.2, 0.25) is 0 Å². The van der Waals surface area contributed by atoms with Crippen molar-refractivity contribution in [3.8, 4) is 16.9 Å². The molecule has 124 valence electrons. The van der Waals surface area contributed by atoms with Crippen LogP contribution in [0.3, 0.4) is 0 Å². The van der Waals surface area contributed by atoms with Gasteiger partial charge in [0.15, 0.2) is 0 Å². The molecule has 0 radical (unpaired) electrons. The first-order valence-corrected chi connectivity index (χ1v) is 7.91. The fourth-order valence-corrected chi connectivity index (χ4v) is 3.05. The lowest BCUT2D eigenvalue weighted by Crippen LogP contribution is -2.17. The van der Waals surface area contributed by atoms with Crippen LogP contribution in [0.4, 0.5) is 0 Å². The van der Waals surface area contributed by atoms with Gasteiger partial charge in [-0.15, -0.1) is 0 Å². The van der Waals surface area contributed by atoms with Crippen LogP contribution in [0.15, 0.2) is 53.5 Å². The Labute approximate surface area is 141 Å². The van der Waals surface area contributed by atoms with Crippen LogP contribution >= 0.6 is 0 Å². The third-order valence-electron chi connectivity index (χ3n) is 4.18. The number of hydrogen-bond acceptors (Lipinski definition) is 3. The van der Waals surface area contributed by atoms with Crippen LogP contribution in [0.5, 0.6) is 5.75 Å². The highest BCUT2D eigenvalue weighted by atomic mass is 16.5. The summed E-state index contributed by atoms with van der Waals surface area (Å²) in [4.78, 5) is 14.6. The summed E-state index contributed by atoms with van der Waals surface area (Å²) in [6.07, 6.45) is 1.92. The summed E-state index contributed by atoms with van der Waals surface area (Å²) in [6.45, 7) is 0.838. The van der Waals surface area contributed by atoms with E-state index in [-0.39, 0.29) is 5.56 Å². The highest BCUT2D eigenvalue weighted by Gasteiger charge is 2.13. The standard InChI is InChI=1S/C20H22N2O2/c1-21(2)12-14-7-5-6-8-16(14)19-13-22(3)20(23)17-10-9-15(24-4)11-18(17)19/h5-11,13H,12H2,1-4H3. The monoisotopic (exact) mass is 322 g/mol. The van der Waals surface area contributed by atoms with Crippen molar-refractivity contribution in [1.29, 1.82) is 0 Å². The van der Waals surface area contributed by atoms with E-state index in [2.05, 4.69) is 31.1 Å². The topological polar surface area (TPSA) is 34.5 Å². The zero-order valence-corrected chi connectivity index (χ0v) is 14.5. The lowest BCUT2D eigenvalue weighted by molar-refractivity contribution is 0.403. The molecule has 2 aromatic carbocycles. The van der Waals surface area contributed by atoms with E-state index < -0.39 is 0 Å². The Morgan fingerprint density at radius 3 is 2.50 bits per heavy atom. The average Bonchev–Trinajstić information content (AvgIpc) is 2.58. The van der Waals surface area contributed by atoms with Gasteiger partial charge in [-0.3, -0.25) is 4.79 Å². The van der Waals surface area contributed by atoms with Gasteiger partial charge in [0, 0.05) is 36.1 Å². The minimum Gasteiger partial charge on any atom is -0.497 e. The quantitative estimate of drug-likeness (QED) is 0.739. The highest BCUT2D eigenvalue weighted by molar-refractivity contribution is 5.97. The third kappa shape index (κ3) is 2.93. The van der Waals surface area contributed by atoms with E-state index >= 15 is 0 Å². The summed E-state index contributed by atoms with van der Waals surface area (Å²) in [5.41, 5.74) is 3.41. The third-order valence-corrected chi connectivity index (χ3v) is 4.18. The van der Waals surface area contributed by atoms with Crippen LogP contribution in [-0.2, 0) is 13.6 Å². The molecule has 0 fully saturated rings. The Morgan fingerprint density at radius 2 is 1.79 bits per heavy atom. The molecule has 0 spiro atoms. The molecule has 0 amide bonds. The summed E-state index contributed by atoms with van der Waals surface area (Å²) >= 11 is 0. The normalized spacial score (nSPS) is 11.2. The maximum atomic E-state index is 12.5. The van der Waals surface area contributed by atoms with Crippen molar-refractivity contribution in [1.82, 2.24) is 9.47 Å². The molecule has 1 heterocycles. The number of aryl methyl sites for hydroxylation is 1. The van der Waals surface area contributed by atoms with Crippen molar-refractivity contribution in [2.75, 3.05) is 21.2 Å². The molecule has 0 saturated carbocycles. The SMILES string of the molecule is COc1ccc2c(=O)n(C)cc(-c3ccccc3CN(C)C)c2c1. The molecule has 0 atom stereocenters. The summed E-state index contributed by atoms with van der Waals surface area (Å²) in [5, 5.41) is 1.62. The Balaban J connectivity index is 2.34. The number of rotatable bonds is 4. The average molecular weight is 322 g/mol. The van der Waals surface area contributed by atoms with E-state index in [9.17, 15) is 4.79 Å². The van der Waals surface area contributed by atoms with E-state index in [1.165, 1.54) is 5.56 Å². The largest absolute Gasteiger partial charge is 0.497 e. The molecule has 0 aliphatic rings. The fraction of sp³-hybridized carbons (Fsp3) is 0.250. The van der Waals surface area contributed by atoms with Gasteiger partial charge in [0.1, 0.15) is 5.75 Å². The zero-order valence-electron chi connectivity index (χ0n) is 14.5. The fourth-order valence-electron chi connectivity index (χ4n) is 3.05. The van der Waals surface area contributed by atoms with Crippen molar-refractivity contribution in [2.24, 2.45) is 7.05 Å². The predicted octanol–water partition coefficient (Wildman–Crippen LogP) is 3.28. The number of benzene rings is 2. The molecule has 0 N–H and O–H groups in total. The molecular formula is C20H22N2O2. The summed E-state index contributed by atoms with van der Waals surface area (Å²) in [6, 6.07) is 13.9. The Morgan fingerprint density at radius 1 is 1.04 bits per heavy atom. The van der Waals surface area contributed by atoms with Gasteiger partial charge in [0.2, 0.25) is 0 Å². The van der Waals surface area contributed by atoms with Crippen molar-refractivity contribution >= 4 is 10.8 Å². The summed E-state index contributed by atoms with van der Waals surface area (Å²) in [7, 11) is 7.54. The molecule has 0 unspecified atom stereocenters. The van der Waals surface area contributed by atoms with Gasteiger partial charge in [-0.2, -0.15) is 0 Å². The number of aromatic nitrogens is 1. The molecule has 4 heteroatoms. The second-order valence-electron chi connectivity index (χ2n) is 6.27. The lowest BCUT2D eigenvalue weighted by Gasteiger charge is -2.17. The molecule has 0 aliphatic heterocycles. The van der Waals surface area contributed by atoms with E-state index in [1.807, 2.05) is 36.5 Å². The molecule has 24 heavy (non-hydrogen) atoms. The van der Waals surface area contributed by atoms with Crippen LogP contribution < -0.4 is 10.3 Å². The van der Waals surface area contributed by atoms with E-state index in [4.69, 9.17) is 4.74 Å². The number of pyridine rings is 1. The number of hydrogen-bond donors (Lipinski definition) is 0. The Kier molecular flexibility index (Phi) is 4.40. The molecule has 1 aromatic heterocycles. The molecule has 4 nitrogen and oxygen atoms in total. The van der Waals surface area contributed by atoms with Gasteiger partial charge in [-0.05, 0) is 43.4 Å². The van der Waals surface area contributed by atoms with Gasteiger partial charge >= 0.3 is 0 Å². The van der Waals surface area contributed by atoms with Crippen LogP contribution in [0.25, 0.3) is 21.9 Å². The number of ether oxygens (including phenoxy) is 1. The van der Waals surface area contributed by atoms with Gasteiger partial charge in [-0.1, -0.05) is 24.3 Å². The Hall–Kier alpha value is -2.59. The first-order valence-electron chi connectivity index (χ1n) is 7.91. The van der Waals surface area contributed by atoms with Crippen LogP contribution in [-0.4, -0.2) is 30.7 Å². The molecule has 0 bridgehead atoms. The smallest absolute Gasteiger partial charge is 0.258 e. The highest BCUT2D eigenvalue weighted by Crippen LogP contribution is 2.32. The number of methoxy groups -OCH3 is 1. The first-order chi connectivity index (χ1) is 11.5. The first kappa shape index (κ1) is 16.3. The second-order valence-corrected chi connectivity index (χ2v) is 6.27. The molecule has 0 aliphatic carbocycles. The van der Waals surface area contributed by atoms with Gasteiger partial charge < -0.3 is 14.2 Å². The number of nitrogens with zero attached hydrogens (tertiary/aromatic N) is 2. The summed E-state index contributed by atoms with van der Waals surface area (Å²) < 4.78 is 7.01. The second kappa shape index (κ2) is 6.49. The number of fused-ring (bicyclic) bond motifs is 1.